The molecule has 4 heteroatoms. The Morgan fingerprint density at radius 1 is 1.36 bits per heavy atom. The van der Waals surface area contributed by atoms with Gasteiger partial charge in [-0.1, -0.05) is 12.7 Å². The molecule has 0 aliphatic heterocycles. The second kappa shape index (κ2) is 4.79. The molecule has 0 aromatic carbocycles. The first kappa shape index (κ1) is 12.7. The van der Waals surface area contributed by atoms with E-state index in [4.69, 9.17) is 0 Å². The molecule has 14 heavy (non-hydrogen) atoms. The smallest absolute Gasteiger partial charge is 0.298 e. The van der Waals surface area contributed by atoms with Gasteiger partial charge < -0.3 is 0 Å². The van der Waals surface area contributed by atoms with Crippen LogP contribution in [0.3, 0.4) is 0 Å². The van der Waals surface area contributed by atoms with Gasteiger partial charge in [-0.25, -0.2) is 0 Å². The van der Waals surface area contributed by atoms with Crippen molar-refractivity contribution in [2.75, 3.05) is 0 Å². The van der Waals surface area contributed by atoms with Gasteiger partial charge in [-0.15, -0.1) is 0 Å². The summed E-state index contributed by atoms with van der Waals surface area (Å²) in [6, 6.07) is 0. The highest BCUT2D eigenvalue weighted by Crippen LogP contribution is 2.26. The van der Waals surface area contributed by atoms with Crippen LogP contribution in [0.1, 0.15) is 13.8 Å². The van der Waals surface area contributed by atoms with E-state index in [-0.39, 0.29) is 5.57 Å². The molecule has 1 nitrogen and oxygen atoms in total. The van der Waals surface area contributed by atoms with Crippen molar-refractivity contribution in [1.82, 2.24) is 0 Å². The van der Waals surface area contributed by atoms with Gasteiger partial charge in [-0.2, -0.15) is 13.2 Å². The zero-order chi connectivity index (χ0) is 11.4. The molecule has 0 heterocycles. The van der Waals surface area contributed by atoms with Crippen LogP contribution < -0.4 is 0 Å². The summed E-state index contributed by atoms with van der Waals surface area (Å²) in [5, 5.41) is 0. The average Bonchev–Trinajstić information content (AvgIpc) is 2.10. The van der Waals surface area contributed by atoms with Crippen LogP contribution in [0, 0.1) is 0 Å². The fourth-order valence-electron chi connectivity index (χ4n) is 0.677. The summed E-state index contributed by atoms with van der Waals surface area (Å²) in [6.07, 6.45) is -1.80. The minimum atomic E-state index is -4.48. The Hall–Kier alpha value is -1.32. The molecule has 0 rings (SSSR count). The molecule has 0 spiro atoms. The van der Waals surface area contributed by atoms with Crippen molar-refractivity contribution in [3.63, 3.8) is 0 Å². The van der Waals surface area contributed by atoms with Crippen molar-refractivity contribution in [3.05, 3.63) is 35.5 Å². The predicted octanol–water partition coefficient (Wildman–Crippen LogP) is 3.20. The van der Waals surface area contributed by atoms with E-state index in [1.54, 1.807) is 19.9 Å². The molecule has 0 saturated carbocycles. The summed E-state index contributed by atoms with van der Waals surface area (Å²) < 4.78 is 36.1. The van der Waals surface area contributed by atoms with Gasteiger partial charge >= 0.3 is 6.18 Å². The van der Waals surface area contributed by atoms with Gasteiger partial charge in [0.05, 0.1) is 0 Å². The Morgan fingerprint density at radius 2 is 1.86 bits per heavy atom. The van der Waals surface area contributed by atoms with Crippen LogP contribution in [-0.2, 0) is 4.79 Å². The van der Waals surface area contributed by atoms with Crippen LogP contribution in [-0.4, -0.2) is 12.5 Å². The van der Waals surface area contributed by atoms with Crippen molar-refractivity contribution < 1.29 is 18.0 Å². The zero-order valence-corrected chi connectivity index (χ0v) is 7.98. The Labute approximate surface area is 80.6 Å². The molecule has 0 saturated heterocycles. The number of rotatable bonds is 3. The number of carbonyl (C=O) groups is 1. The van der Waals surface area contributed by atoms with E-state index in [1.807, 2.05) is 0 Å². The Kier molecular flexibility index (Phi) is 4.34. The van der Waals surface area contributed by atoms with Gasteiger partial charge in [0, 0.05) is 11.1 Å². The minimum Gasteiger partial charge on any atom is -0.298 e. The number of allylic oxidation sites excluding steroid dienone is 5. The van der Waals surface area contributed by atoms with E-state index >= 15 is 0 Å². The molecule has 0 N–H and O–H groups in total. The Bertz CT molecular complexity index is 295. The molecular weight excluding hydrogens is 193 g/mol. The first-order chi connectivity index (χ1) is 6.32. The third-order valence-electron chi connectivity index (χ3n) is 1.71. The van der Waals surface area contributed by atoms with Crippen LogP contribution in [0.15, 0.2) is 35.5 Å². The number of alkyl halides is 3. The van der Waals surface area contributed by atoms with Gasteiger partial charge in [-0.3, -0.25) is 4.79 Å². The number of carbonyl (C=O) groups excluding carboxylic acids is 1. The first-order valence-electron chi connectivity index (χ1n) is 3.89. The van der Waals surface area contributed by atoms with Crippen molar-refractivity contribution in [1.29, 1.82) is 0 Å². The molecule has 0 atom stereocenters. The normalized spacial score (nSPS) is 14.1. The molecule has 0 unspecified atom stereocenters. The largest absolute Gasteiger partial charge is 0.415 e. The van der Waals surface area contributed by atoms with Crippen molar-refractivity contribution >= 4 is 6.29 Å². The lowest BCUT2D eigenvalue weighted by Gasteiger charge is -2.06. The van der Waals surface area contributed by atoms with Crippen molar-refractivity contribution in [3.8, 4) is 0 Å². The van der Waals surface area contributed by atoms with Crippen LogP contribution >= 0.6 is 0 Å². The maximum Gasteiger partial charge on any atom is 0.415 e. The minimum absolute atomic E-state index is 0.00479. The zero-order valence-electron chi connectivity index (χ0n) is 7.98. The molecule has 78 valence electrons. The van der Waals surface area contributed by atoms with Gasteiger partial charge in [0.15, 0.2) is 0 Å². The maximum absolute atomic E-state index is 12.0. The van der Waals surface area contributed by atoms with Gasteiger partial charge in [0.2, 0.25) is 0 Å². The fourth-order valence-corrected chi connectivity index (χ4v) is 0.677. The molecule has 0 aromatic rings. The lowest BCUT2D eigenvalue weighted by molar-refractivity contribution is -0.104. The summed E-state index contributed by atoms with van der Waals surface area (Å²) in [6.45, 7) is 6.04. The third kappa shape index (κ3) is 3.60. The van der Waals surface area contributed by atoms with E-state index in [0.29, 0.717) is 11.9 Å². The third-order valence-corrected chi connectivity index (χ3v) is 1.71. The average molecular weight is 204 g/mol. The van der Waals surface area contributed by atoms with Gasteiger partial charge in [0.1, 0.15) is 6.29 Å². The Balaban J connectivity index is 4.97. The molecular formula is C10H11F3O. The summed E-state index contributed by atoms with van der Waals surface area (Å²) in [5.74, 6) is 0. The van der Waals surface area contributed by atoms with Gasteiger partial charge in [-0.05, 0) is 25.5 Å². The number of halogens is 3. The highest BCUT2D eigenvalue weighted by atomic mass is 19.4. The molecule has 0 aromatic heterocycles. The Morgan fingerprint density at radius 3 is 2.14 bits per heavy atom. The maximum atomic E-state index is 12.0. The highest BCUT2D eigenvalue weighted by Gasteiger charge is 2.30. The fraction of sp³-hybridized carbons (Fsp3) is 0.300. The lowest BCUT2D eigenvalue weighted by atomic mass is 10.1. The van der Waals surface area contributed by atoms with Crippen LogP contribution in [0.5, 0.6) is 0 Å². The van der Waals surface area contributed by atoms with Crippen molar-refractivity contribution in [2.45, 2.75) is 20.0 Å². The number of aldehydes is 1. The quantitative estimate of drug-likeness (QED) is 0.392. The van der Waals surface area contributed by atoms with Gasteiger partial charge in [0.25, 0.3) is 0 Å². The molecule has 0 radical (unpaired) electrons. The number of hydrogen-bond donors (Lipinski definition) is 0. The summed E-state index contributed by atoms with van der Waals surface area (Å²) in [5.41, 5.74) is -0.541. The van der Waals surface area contributed by atoms with Crippen LogP contribution in [0.2, 0.25) is 0 Å². The molecule has 0 bridgehead atoms. The van der Waals surface area contributed by atoms with E-state index < -0.39 is 11.7 Å². The molecule has 0 aliphatic rings. The second-order valence-electron chi connectivity index (χ2n) is 2.71. The predicted molar refractivity (Wildman–Crippen MR) is 48.8 cm³/mol. The van der Waals surface area contributed by atoms with E-state index in [9.17, 15) is 18.0 Å². The monoisotopic (exact) mass is 204 g/mol. The van der Waals surface area contributed by atoms with E-state index in [1.165, 1.54) is 0 Å². The molecule has 0 amide bonds. The number of hydrogen-bond acceptors (Lipinski definition) is 1. The van der Waals surface area contributed by atoms with Crippen molar-refractivity contribution in [2.24, 2.45) is 0 Å². The molecule has 0 fully saturated rings. The second-order valence-corrected chi connectivity index (χ2v) is 2.71. The topological polar surface area (TPSA) is 17.1 Å². The standard InChI is InChI=1S/C10H11F3O/c1-4-7(2)9(6-14)5-8(3)10(11,12)13/h4-6H,3H2,1-2H3/b7-4-,9-5-. The lowest BCUT2D eigenvalue weighted by Crippen LogP contribution is -2.09. The van der Waals surface area contributed by atoms with E-state index in [2.05, 4.69) is 6.58 Å². The molecule has 0 aliphatic carbocycles. The van der Waals surface area contributed by atoms with Crippen LogP contribution in [0.25, 0.3) is 0 Å². The first-order valence-corrected chi connectivity index (χ1v) is 3.89. The van der Waals surface area contributed by atoms with E-state index in [0.717, 1.165) is 6.08 Å². The summed E-state index contributed by atoms with van der Waals surface area (Å²) in [4.78, 5) is 10.5. The summed E-state index contributed by atoms with van der Waals surface area (Å²) in [7, 11) is 0. The van der Waals surface area contributed by atoms with Crippen LogP contribution in [0.4, 0.5) is 13.2 Å². The SMILES string of the molecule is C=C(/C=C(C=O)\C(C)=C/C)C(F)(F)F. The highest BCUT2D eigenvalue weighted by molar-refractivity contribution is 5.80. The summed E-state index contributed by atoms with van der Waals surface area (Å²) >= 11 is 0.